The Morgan fingerprint density at radius 2 is 1.12 bits per heavy atom. The molecule has 2 saturated heterocycles. The molecule has 3 rings (SSSR count). The van der Waals surface area contributed by atoms with Crippen LogP contribution in [-0.4, -0.2) is 182 Å². The fourth-order valence-corrected chi connectivity index (χ4v) is 9.37. The summed E-state index contributed by atoms with van der Waals surface area (Å²) < 4.78 is 0. The molecular weight excluding hydrogens is 1050 g/mol. The number of likely N-dealkylation sites (tertiary alicyclic amines) is 2. The molecule has 2 aliphatic heterocycles. The number of hydrogen-bond donors (Lipinski definition) is 13. The summed E-state index contributed by atoms with van der Waals surface area (Å²) in [5.74, 6) is -12.1. The van der Waals surface area contributed by atoms with Crippen molar-refractivity contribution in [3.63, 3.8) is 0 Å². The van der Waals surface area contributed by atoms with Crippen LogP contribution >= 0.6 is 0 Å². The summed E-state index contributed by atoms with van der Waals surface area (Å²) in [5, 5.41) is 56.1. The summed E-state index contributed by atoms with van der Waals surface area (Å²) in [6.45, 7) is 9.85. The number of amides is 9. The van der Waals surface area contributed by atoms with Gasteiger partial charge in [0.2, 0.25) is 53.2 Å². The molecule has 0 aliphatic carbocycles. The van der Waals surface area contributed by atoms with E-state index in [9.17, 15) is 72.9 Å². The van der Waals surface area contributed by atoms with Crippen molar-refractivity contribution >= 4 is 71.1 Å². The van der Waals surface area contributed by atoms with Crippen LogP contribution in [0.25, 0.3) is 0 Å². The van der Waals surface area contributed by atoms with Crippen molar-refractivity contribution in [2.75, 3.05) is 26.2 Å². The Morgan fingerprint density at radius 3 is 1.69 bits per heavy atom. The van der Waals surface area contributed by atoms with Crippen LogP contribution < -0.4 is 48.7 Å². The Morgan fingerprint density at radius 1 is 0.600 bits per heavy atom. The van der Waals surface area contributed by atoms with Gasteiger partial charge in [-0.2, -0.15) is 0 Å². The van der Waals surface area contributed by atoms with Crippen LogP contribution in [0.1, 0.15) is 124 Å². The minimum atomic E-state index is -1.51. The van der Waals surface area contributed by atoms with Gasteiger partial charge in [-0.1, -0.05) is 53.7 Å². The van der Waals surface area contributed by atoms with Gasteiger partial charge in [0.25, 0.3) is 0 Å². The van der Waals surface area contributed by atoms with E-state index in [0.29, 0.717) is 31.2 Å². The number of carbonyl (C=O) groups excluding carboxylic acids is 9. The van der Waals surface area contributed by atoms with E-state index in [1.165, 1.54) is 34.1 Å². The van der Waals surface area contributed by atoms with Crippen molar-refractivity contribution in [2.45, 2.75) is 179 Å². The Balaban J connectivity index is 1.76. The first-order valence-corrected chi connectivity index (χ1v) is 27.2. The van der Waals surface area contributed by atoms with Crippen molar-refractivity contribution in [1.29, 1.82) is 0 Å². The molecule has 2 fully saturated rings. The maximum atomic E-state index is 14.3. The number of carboxylic acids is 3. The van der Waals surface area contributed by atoms with Crippen LogP contribution in [0.2, 0.25) is 0 Å². The third-order valence-electron chi connectivity index (χ3n) is 13.8. The highest BCUT2D eigenvalue weighted by atomic mass is 16.4. The second kappa shape index (κ2) is 32.6. The average Bonchev–Trinajstić information content (AvgIpc) is 4.10. The Bertz CT molecular complexity index is 2350. The quantitative estimate of drug-likeness (QED) is 0.0359. The highest BCUT2D eigenvalue weighted by Crippen LogP contribution is 2.26. The molecule has 1 aromatic rings. The first kappa shape index (κ1) is 66.9. The van der Waals surface area contributed by atoms with Gasteiger partial charge < -0.3 is 78.9 Å². The number of nitrogens with zero attached hydrogens (tertiary/aromatic N) is 2. The lowest BCUT2D eigenvalue weighted by atomic mass is 9.98. The molecule has 9 atom stereocenters. The maximum Gasteiger partial charge on any atom is 0.326 e. The molecule has 0 unspecified atom stereocenters. The lowest BCUT2D eigenvalue weighted by molar-refractivity contribution is -0.147. The molecule has 80 heavy (non-hydrogen) atoms. The monoisotopic (exact) mass is 1130 g/mol. The molecule has 0 radical (unpaired) electrons. The van der Waals surface area contributed by atoms with Crippen LogP contribution in [-0.2, 0) is 64.0 Å². The van der Waals surface area contributed by atoms with Crippen LogP contribution in [0.4, 0.5) is 0 Å². The second-order valence-electron chi connectivity index (χ2n) is 21.5. The summed E-state index contributed by atoms with van der Waals surface area (Å²) in [6.07, 6.45) is 0.502. The van der Waals surface area contributed by atoms with E-state index in [2.05, 4.69) is 37.2 Å². The lowest BCUT2D eigenvalue weighted by Crippen LogP contribution is -2.60. The Hall–Kier alpha value is -7.42. The first-order chi connectivity index (χ1) is 37.6. The number of phenolic OH excluding ortho intramolecular Hbond substituents is 1. The van der Waals surface area contributed by atoms with Gasteiger partial charge in [-0.25, -0.2) is 4.79 Å². The van der Waals surface area contributed by atoms with E-state index in [-0.39, 0.29) is 76.2 Å². The van der Waals surface area contributed by atoms with E-state index in [1.54, 1.807) is 41.5 Å². The molecule has 0 bridgehead atoms. The molecule has 0 aromatic heterocycles. The number of unbranched alkanes of at least 4 members (excludes halogenated alkanes) is 1. The zero-order valence-electron chi connectivity index (χ0n) is 46.5. The number of aromatic hydroxyl groups is 1. The fourth-order valence-electron chi connectivity index (χ4n) is 9.37. The summed E-state index contributed by atoms with van der Waals surface area (Å²) in [7, 11) is 0. The highest BCUT2D eigenvalue weighted by Gasteiger charge is 2.44. The van der Waals surface area contributed by atoms with E-state index >= 15 is 0 Å². The van der Waals surface area contributed by atoms with Gasteiger partial charge in [0.05, 0.1) is 12.6 Å². The zero-order valence-corrected chi connectivity index (χ0v) is 46.5. The van der Waals surface area contributed by atoms with Crippen molar-refractivity contribution in [1.82, 2.24) is 47.0 Å². The molecule has 9 amide bonds. The second-order valence-corrected chi connectivity index (χ2v) is 21.5. The average molecular weight is 1130 g/mol. The van der Waals surface area contributed by atoms with Gasteiger partial charge >= 0.3 is 17.9 Å². The topological polar surface area (TPSA) is 428 Å². The number of carbonyl (C=O) groups is 12. The molecule has 27 heteroatoms. The van der Waals surface area contributed by atoms with Gasteiger partial charge in [-0.15, -0.1) is 0 Å². The molecule has 446 valence electrons. The minimum absolute atomic E-state index is 0.0143. The van der Waals surface area contributed by atoms with E-state index < -0.39 is 157 Å². The smallest absolute Gasteiger partial charge is 0.326 e. The third-order valence-corrected chi connectivity index (χ3v) is 13.8. The molecule has 0 saturated carbocycles. The molecule has 2 aliphatic rings. The summed E-state index contributed by atoms with van der Waals surface area (Å²) in [5.41, 5.74) is 12.2. The number of benzene rings is 1. The number of carboxylic acid groups (broad SMARTS) is 3. The van der Waals surface area contributed by atoms with Crippen molar-refractivity contribution in [3.8, 4) is 5.75 Å². The van der Waals surface area contributed by atoms with Crippen LogP contribution in [0.15, 0.2) is 24.3 Å². The van der Waals surface area contributed by atoms with Crippen LogP contribution in [0, 0.1) is 17.8 Å². The summed E-state index contributed by atoms with van der Waals surface area (Å²) in [6, 6.07) is -5.50. The van der Waals surface area contributed by atoms with Crippen molar-refractivity contribution in [2.24, 2.45) is 29.2 Å². The predicted octanol–water partition coefficient (Wildman–Crippen LogP) is -1.43. The summed E-state index contributed by atoms with van der Waals surface area (Å²) >= 11 is 0. The number of nitrogens with one attached hydrogen (secondary N) is 7. The minimum Gasteiger partial charge on any atom is -0.508 e. The molecule has 27 nitrogen and oxygen atoms in total. The third kappa shape index (κ3) is 21.3. The van der Waals surface area contributed by atoms with E-state index in [4.69, 9.17) is 16.6 Å². The largest absolute Gasteiger partial charge is 0.508 e. The first-order valence-electron chi connectivity index (χ1n) is 27.2. The fraction of sp³-hybridized carbons (Fsp3) is 0.660. The predicted molar refractivity (Wildman–Crippen MR) is 287 cm³/mol. The van der Waals surface area contributed by atoms with Gasteiger partial charge in [-0.3, -0.25) is 52.7 Å². The standard InChI is InChI=1S/C53H83N11O16/c1-28(2)25-37(53(79)80)60-50(76)44(30(5)6)62-47(73)36(26-31-14-16-32(65)17-15-31)59-46(72)34(11-7-8-22-54)58-49(75)43(29(3)4)61-40(66)27-56-45(71)35(19-21-42(69)70)57-48(74)38-12-9-23-63(38)52(78)39-13-10-24-64(39)51(77)33(55)18-20-41(67)68/h14-17,28-30,33-39,43-44,65H,7-13,18-27,54-55H2,1-6H3,(H,56,71)(H,57,74)(H,58,75)(H,59,72)(H,60,76)(H,61,66)(H,62,73)(H,67,68)(H,69,70)(H,79,80)/t33-,34-,35-,36-,37-,38-,39-,43-,44-/m0/s1. The lowest BCUT2D eigenvalue weighted by Gasteiger charge is -2.32. The van der Waals surface area contributed by atoms with Crippen molar-refractivity contribution in [3.05, 3.63) is 29.8 Å². The number of hydrogen-bond acceptors (Lipinski definition) is 15. The van der Waals surface area contributed by atoms with Gasteiger partial charge in [0, 0.05) is 32.4 Å². The number of aliphatic carboxylic acids is 3. The van der Waals surface area contributed by atoms with Crippen LogP contribution in [0.5, 0.6) is 5.75 Å². The number of nitrogens with two attached hydrogens (primary N) is 2. The van der Waals surface area contributed by atoms with Gasteiger partial charge in [0.15, 0.2) is 0 Å². The Kier molecular flexibility index (Phi) is 27.2. The van der Waals surface area contributed by atoms with Crippen molar-refractivity contribution < 1.29 is 78.0 Å². The molecule has 1 aromatic carbocycles. The molecule has 15 N–H and O–H groups in total. The normalized spacial score (nSPS) is 17.7. The molecular formula is C53H83N11O16. The summed E-state index contributed by atoms with van der Waals surface area (Å²) in [4.78, 5) is 161. The SMILES string of the molecule is CC(C)C[C@H](NC(=O)[C@@H](NC(=O)[C@H](Cc1ccc(O)cc1)NC(=O)[C@H](CCCCN)NC(=O)[C@@H](NC(=O)CNC(=O)[C@H](CCC(=O)O)NC(=O)[C@@H]1CCCN1C(=O)[C@@H]1CCCN1C(=O)[C@@H](N)CCC(=O)O)C(C)C)C(C)C)C(=O)O. The zero-order chi connectivity index (χ0) is 60.0. The maximum absolute atomic E-state index is 14.3. The number of rotatable bonds is 33. The highest BCUT2D eigenvalue weighted by molar-refractivity contribution is 5.98. The number of phenols is 1. The van der Waals surface area contributed by atoms with E-state index in [0.717, 1.165) is 0 Å². The van der Waals surface area contributed by atoms with E-state index in [1.807, 2.05) is 0 Å². The van der Waals surface area contributed by atoms with Crippen LogP contribution in [0.3, 0.4) is 0 Å². The van der Waals surface area contributed by atoms with Gasteiger partial charge in [-0.05, 0) is 106 Å². The Labute approximate surface area is 465 Å². The van der Waals surface area contributed by atoms with Gasteiger partial charge in [0.1, 0.15) is 54.1 Å². The molecule has 0 spiro atoms. The molecule has 2 heterocycles.